The van der Waals surface area contributed by atoms with E-state index < -0.39 is 5.91 Å². The number of pyridine rings is 1. The van der Waals surface area contributed by atoms with Crippen LogP contribution in [0.15, 0.2) is 41.1 Å². The van der Waals surface area contributed by atoms with Crippen LogP contribution in [0.3, 0.4) is 0 Å². The van der Waals surface area contributed by atoms with Crippen molar-refractivity contribution < 1.29 is 9.21 Å². The lowest BCUT2D eigenvalue weighted by Gasteiger charge is -2.15. The van der Waals surface area contributed by atoms with Crippen molar-refractivity contribution in [1.82, 2.24) is 15.3 Å². The Bertz CT molecular complexity index is 553. The second-order valence-electron chi connectivity index (χ2n) is 4.56. The van der Waals surface area contributed by atoms with Gasteiger partial charge in [-0.2, -0.15) is 0 Å². The Labute approximate surface area is 117 Å². The summed E-state index contributed by atoms with van der Waals surface area (Å²) in [4.78, 5) is 17.9. The molecule has 20 heavy (non-hydrogen) atoms. The molecular formula is C14H18N4O2. The number of nitrogen functional groups attached to an aromatic ring is 1. The average molecular weight is 274 g/mol. The van der Waals surface area contributed by atoms with E-state index >= 15 is 0 Å². The third-order valence-electron chi connectivity index (χ3n) is 3.00. The van der Waals surface area contributed by atoms with Crippen molar-refractivity contribution in [2.24, 2.45) is 5.84 Å². The van der Waals surface area contributed by atoms with Crippen LogP contribution in [0.1, 0.15) is 21.8 Å². The summed E-state index contributed by atoms with van der Waals surface area (Å²) >= 11 is 0. The number of nitrogens with one attached hydrogen (secondary N) is 1. The van der Waals surface area contributed by atoms with E-state index in [-0.39, 0.29) is 5.76 Å². The van der Waals surface area contributed by atoms with Crippen LogP contribution < -0.4 is 11.3 Å². The maximum Gasteiger partial charge on any atom is 0.301 e. The van der Waals surface area contributed by atoms with Gasteiger partial charge in [-0.3, -0.25) is 15.2 Å². The van der Waals surface area contributed by atoms with Crippen molar-refractivity contribution in [2.45, 2.75) is 13.0 Å². The molecule has 2 aromatic heterocycles. The standard InChI is InChI=1S/C14H18N4O2/c1-18(8-5-12-4-2-3-7-16-12)10-11-6-9-20-13(11)14(19)17-15/h2-4,6-7,9H,5,8,10,15H2,1H3,(H,17,19). The predicted octanol–water partition coefficient (Wildman–Crippen LogP) is 0.953. The fourth-order valence-electron chi connectivity index (χ4n) is 1.95. The normalized spacial score (nSPS) is 10.8. The molecule has 0 spiro atoms. The van der Waals surface area contributed by atoms with Crippen molar-refractivity contribution in [1.29, 1.82) is 0 Å². The molecule has 6 nitrogen and oxygen atoms in total. The predicted molar refractivity (Wildman–Crippen MR) is 74.6 cm³/mol. The molecule has 2 aromatic rings. The van der Waals surface area contributed by atoms with Crippen molar-refractivity contribution in [2.75, 3.05) is 13.6 Å². The van der Waals surface area contributed by atoms with E-state index in [1.165, 1.54) is 6.26 Å². The second kappa shape index (κ2) is 6.83. The second-order valence-corrected chi connectivity index (χ2v) is 4.56. The van der Waals surface area contributed by atoms with Crippen LogP contribution >= 0.6 is 0 Å². The summed E-state index contributed by atoms with van der Waals surface area (Å²) in [6, 6.07) is 7.65. The van der Waals surface area contributed by atoms with Gasteiger partial charge in [0.05, 0.1) is 6.26 Å². The van der Waals surface area contributed by atoms with Gasteiger partial charge in [0.2, 0.25) is 0 Å². The maximum atomic E-state index is 11.5. The SMILES string of the molecule is CN(CCc1ccccn1)Cc1ccoc1C(=O)NN. The summed E-state index contributed by atoms with van der Waals surface area (Å²) in [5.41, 5.74) is 3.94. The molecule has 0 aliphatic heterocycles. The Morgan fingerprint density at radius 3 is 3.00 bits per heavy atom. The molecule has 0 aliphatic rings. The summed E-state index contributed by atoms with van der Waals surface area (Å²) < 4.78 is 5.15. The van der Waals surface area contributed by atoms with Gasteiger partial charge in [0, 0.05) is 37.0 Å². The molecule has 6 heteroatoms. The van der Waals surface area contributed by atoms with Crippen LogP contribution in [0.2, 0.25) is 0 Å². The first-order valence-corrected chi connectivity index (χ1v) is 6.36. The molecule has 2 rings (SSSR count). The Hall–Kier alpha value is -2.18. The highest BCUT2D eigenvalue weighted by Gasteiger charge is 2.15. The average Bonchev–Trinajstić information content (AvgIpc) is 2.93. The monoisotopic (exact) mass is 274 g/mol. The topological polar surface area (TPSA) is 84.4 Å². The maximum absolute atomic E-state index is 11.5. The molecule has 0 radical (unpaired) electrons. The molecule has 0 unspecified atom stereocenters. The fraction of sp³-hybridized carbons (Fsp3) is 0.286. The van der Waals surface area contributed by atoms with Crippen molar-refractivity contribution in [3.63, 3.8) is 0 Å². The largest absolute Gasteiger partial charge is 0.459 e. The Balaban J connectivity index is 1.90. The van der Waals surface area contributed by atoms with Gasteiger partial charge in [-0.25, -0.2) is 5.84 Å². The van der Waals surface area contributed by atoms with Crippen LogP contribution in [0.4, 0.5) is 0 Å². The molecule has 0 aliphatic carbocycles. The van der Waals surface area contributed by atoms with Gasteiger partial charge in [0.1, 0.15) is 0 Å². The molecule has 3 N–H and O–H groups in total. The fourth-order valence-corrected chi connectivity index (χ4v) is 1.95. The number of carbonyl (C=O) groups excluding carboxylic acids is 1. The molecule has 0 fully saturated rings. The number of rotatable bonds is 6. The van der Waals surface area contributed by atoms with E-state index in [1.807, 2.05) is 25.2 Å². The minimum Gasteiger partial charge on any atom is -0.459 e. The number of hydrogen-bond donors (Lipinski definition) is 2. The Morgan fingerprint density at radius 1 is 1.45 bits per heavy atom. The molecule has 0 atom stereocenters. The van der Waals surface area contributed by atoms with E-state index in [0.717, 1.165) is 24.2 Å². The first-order valence-electron chi connectivity index (χ1n) is 6.36. The molecule has 0 aromatic carbocycles. The minimum absolute atomic E-state index is 0.261. The van der Waals surface area contributed by atoms with Gasteiger partial charge in [-0.1, -0.05) is 6.07 Å². The zero-order valence-corrected chi connectivity index (χ0v) is 11.4. The highest BCUT2D eigenvalue weighted by molar-refractivity contribution is 5.92. The lowest BCUT2D eigenvalue weighted by molar-refractivity contribution is 0.0923. The summed E-state index contributed by atoms with van der Waals surface area (Å²) in [6.07, 6.45) is 4.13. The van der Waals surface area contributed by atoms with Crippen LogP contribution in [0.5, 0.6) is 0 Å². The zero-order chi connectivity index (χ0) is 14.4. The van der Waals surface area contributed by atoms with Gasteiger partial charge in [-0.15, -0.1) is 0 Å². The zero-order valence-electron chi connectivity index (χ0n) is 11.4. The first kappa shape index (κ1) is 14.2. The number of amides is 1. The Morgan fingerprint density at radius 2 is 2.30 bits per heavy atom. The third-order valence-corrected chi connectivity index (χ3v) is 3.00. The highest BCUT2D eigenvalue weighted by atomic mass is 16.3. The van der Waals surface area contributed by atoms with E-state index in [1.54, 1.807) is 12.3 Å². The van der Waals surface area contributed by atoms with Gasteiger partial charge in [0.15, 0.2) is 5.76 Å². The number of aromatic nitrogens is 1. The first-order chi connectivity index (χ1) is 9.70. The van der Waals surface area contributed by atoms with Gasteiger partial charge >= 0.3 is 5.91 Å². The lowest BCUT2D eigenvalue weighted by Crippen LogP contribution is -2.31. The van der Waals surface area contributed by atoms with Crippen LogP contribution in [0.25, 0.3) is 0 Å². The van der Waals surface area contributed by atoms with Crippen LogP contribution in [-0.2, 0) is 13.0 Å². The number of carbonyl (C=O) groups is 1. The van der Waals surface area contributed by atoms with Crippen molar-refractivity contribution in [3.05, 3.63) is 53.7 Å². The number of hydrogen-bond acceptors (Lipinski definition) is 5. The van der Waals surface area contributed by atoms with Crippen molar-refractivity contribution in [3.8, 4) is 0 Å². The van der Waals surface area contributed by atoms with Crippen LogP contribution in [-0.4, -0.2) is 29.4 Å². The minimum atomic E-state index is -0.414. The molecule has 0 saturated heterocycles. The smallest absolute Gasteiger partial charge is 0.301 e. The van der Waals surface area contributed by atoms with Gasteiger partial charge in [0.25, 0.3) is 0 Å². The quantitative estimate of drug-likeness (QED) is 0.465. The number of nitrogens with two attached hydrogens (primary N) is 1. The molecular weight excluding hydrogens is 256 g/mol. The van der Waals surface area contributed by atoms with Gasteiger partial charge < -0.3 is 9.32 Å². The lowest BCUT2D eigenvalue weighted by atomic mass is 10.2. The molecule has 0 bridgehead atoms. The van der Waals surface area contributed by atoms with Gasteiger partial charge in [-0.05, 0) is 25.2 Å². The Kier molecular flexibility index (Phi) is 4.86. The van der Waals surface area contributed by atoms with E-state index in [2.05, 4.69) is 15.3 Å². The summed E-state index contributed by atoms with van der Waals surface area (Å²) in [5, 5.41) is 0. The van der Waals surface area contributed by atoms with E-state index in [0.29, 0.717) is 6.54 Å². The number of furan rings is 1. The number of nitrogens with zero attached hydrogens (tertiary/aromatic N) is 2. The highest BCUT2D eigenvalue weighted by Crippen LogP contribution is 2.12. The molecule has 0 saturated carbocycles. The van der Waals surface area contributed by atoms with E-state index in [4.69, 9.17) is 10.3 Å². The summed E-state index contributed by atoms with van der Waals surface area (Å²) in [6.45, 7) is 1.46. The molecule has 1 amide bonds. The molecule has 106 valence electrons. The van der Waals surface area contributed by atoms with E-state index in [9.17, 15) is 4.79 Å². The summed E-state index contributed by atoms with van der Waals surface area (Å²) in [5.74, 6) is 4.96. The molecule has 2 heterocycles. The van der Waals surface area contributed by atoms with Crippen molar-refractivity contribution >= 4 is 5.91 Å². The van der Waals surface area contributed by atoms with Crippen LogP contribution in [0, 0.1) is 0 Å². The summed E-state index contributed by atoms with van der Waals surface area (Å²) in [7, 11) is 1.99. The number of hydrazine groups is 1. The third kappa shape index (κ3) is 3.66. The number of likely N-dealkylation sites (N-methyl/N-ethyl adjacent to an activating group) is 1.